The SMILES string of the molecule is C[C@@H](C(=O)Nc1ccnc(Sc2ccccn2)c1)S(C)(=O)=O. The first-order valence-electron chi connectivity index (χ1n) is 6.41. The molecule has 0 fully saturated rings. The van der Waals surface area contributed by atoms with E-state index in [2.05, 4.69) is 15.3 Å². The quantitative estimate of drug-likeness (QED) is 0.897. The molecule has 0 aliphatic rings. The molecule has 0 saturated carbocycles. The third-order valence-electron chi connectivity index (χ3n) is 2.86. The van der Waals surface area contributed by atoms with Crippen LogP contribution in [0.1, 0.15) is 6.92 Å². The van der Waals surface area contributed by atoms with Crippen molar-refractivity contribution < 1.29 is 13.2 Å². The second-order valence-corrected chi connectivity index (χ2v) is 8.02. The number of sulfone groups is 1. The molecule has 0 bridgehead atoms. The van der Waals surface area contributed by atoms with Gasteiger partial charge in [-0.25, -0.2) is 18.4 Å². The molecule has 0 radical (unpaired) electrons. The Hall–Kier alpha value is -1.93. The Morgan fingerprint density at radius 3 is 2.55 bits per heavy atom. The maximum absolute atomic E-state index is 11.9. The Morgan fingerprint density at radius 1 is 1.18 bits per heavy atom. The molecule has 2 heterocycles. The predicted molar refractivity (Wildman–Crippen MR) is 85.5 cm³/mol. The zero-order valence-corrected chi connectivity index (χ0v) is 13.7. The van der Waals surface area contributed by atoms with Gasteiger partial charge in [-0.15, -0.1) is 0 Å². The Labute approximate surface area is 133 Å². The number of amides is 1. The summed E-state index contributed by atoms with van der Waals surface area (Å²) >= 11 is 1.35. The van der Waals surface area contributed by atoms with Crippen molar-refractivity contribution in [2.75, 3.05) is 11.6 Å². The smallest absolute Gasteiger partial charge is 0.242 e. The van der Waals surface area contributed by atoms with E-state index in [1.807, 2.05) is 18.2 Å². The lowest BCUT2D eigenvalue weighted by Crippen LogP contribution is -2.31. The third kappa shape index (κ3) is 4.54. The van der Waals surface area contributed by atoms with Gasteiger partial charge in [0.25, 0.3) is 0 Å². The lowest BCUT2D eigenvalue weighted by molar-refractivity contribution is -0.115. The first kappa shape index (κ1) is 16.4. The number of carbonyl (C=O) groups is 1. The summed E-state index contributed by atoms with van der Waals surface area (Å²) in [5.74, 6) is -0.567. The Morgan fingerprint density at radius 2 is 1.91 bits per heavy atom. The summed E-state index contributed by atoms with van der Waals surface area (Å²) in [6, 6.07) is 8.82. The molecule has 2 rings (SSSR count). The average molecular weight is 337 g/mol. The van der Waals surface area contributed by atoms with Crippen molar-refractivity contribution in [3.05, 3.63) is 42.7 Å². The number of hydrogen-bond donors (Lipinski definition) is 1. The van der Waals surface area contributed by atoms with Crippen LogP contribution in [0.15, 0.2) is 52.8 Å². The third-order valence-corrected chi connectivity index (χ3v) is 5.24. The van der Waals surface area contributed by atoms with Gasteiger partial charge in [-0.3, -0.25) is 4.79 Å². The van der Waals surface area contributed by atoms with E-state index in [-0.39, 0.29) is 0 Å². The van der Waals surface area contributed by atoms with Crippen molar-refractivity contribution >= 4 is 33.2 Å². The van der Waals surface area contributed by atoms with Gasteiger partial charge in [0.1, 0.15) is 15.3 Å². The van der Waals surface area contributed by atoms with Crippen molar-refractivity contribution in [2.24, 2.45) is 0 Å². The van der Waals surface area contributed by atoms with Crippen molar-refractivity contribution in [1.29, 1.82) is 0 Å². The van der Waals surface area contributed by atoms with Crippen molar-refractivity contribution in [2.45, 2.75) is 22.2 Å². The van der Waals surface area contributed by atoms with Crippen molar-refractivity contribution in [3.8, 4) is 0 Å². The van der Waals surface area contributed by atoms with Gasteiger partial charge >= 0.3 is 0 Å². The average Bonchev–Trinajstić information content (AvgIpc) is 2.47. The molecule has 0 unspecified atom stereocenters. The van der Waals surface area contributed by atoms with Crippen LogP contribution in [0.5, 0.6) is 0 Å². The van der Waals surface area contributed by atoms with Crippen LogP contribution in [0.2, 0.25) is 0 Å². The number of pyridine rings is 2. The lowest BCUT2D eigenvalue weighted by Gasteiger charge is -2.11. The van der Waals surface area contributed by atoms with Crippen LogP contribution in [-0.2, 0) is 14.6 Å². The van der Waals surface area contributed by atoms with Gasteiger partial charge in [-0.2, -0.15) is 0 Å². The molecule has 6 nitrogen and oxygen atoms in total. The van der Waals surface area contributed by atoms with E-state index in [4.69, 9.17) is 0 Å². The number of carbonyl (C=O) groups excluding carboxylic acids is 1. The van der Waals surface area contributed by atoms with E-state index in [1.54, 1.807) is 24.5 Å². The predicted octanol–water partition coefficient (Wildman–Crippen LogP) is 2.00. The number of aromatic nitrogens is 2. The first-order chi connectivity index (χ1) is 10.4. The van der Waals surface area contributed by atoms with E-state index in [1.165, 1.54) is 18.7 Å². The minimum atomic E-state index is -3.42. The molecular formula is C14H15N3O3S2. The minimum Gasteiger partial charge on any atom is -0.325 e. The summed E-state index contributed by atoms with van der Waals surface area (Å²) in [6.07, 6.45) is 4.26. The van der Waals surface area contributed by atoms with Gasteiger partial charge in [-0.1, -0.05) is 17.8 Å². The maximum atomic E-state index is 11.9. The van der Waals surface area contributed by atoms with Crippen LogP contribution in [0, 0.1) is 0 Å². The number of nitrogens with zero attached hydrogens (tertiary/aromatic N) is 2. The van der Waals surface area contributed by atoms with Gasteiger partial charge in [0, 0.05) is 24.3 Å². The number of anilines is 1. The highest BCUT2D eigenvalue weighted by Crippen LogP contribution is 2.25. The van der Waals surface area contributed by atoms with Crippen LogP contribution in [0.25, 0.3) is 0 Å². The summed E-state index contributed by atoms with van der Waals surface area (Å²) in [5, 5.41) is 2.92. The van der Waals surface area contributed by atoms with E-state index in [9.17, 15) is 13.2 Å². The molecule has 0 aliphatic carbocycles. The molecule has 8 heteroatoms. The summed E-state index contributed by atoms with van der Waals surface area (Å²) in [7, 11) is -3.42. The summed E-state index contributed by atoms with van der Waals surface area (Å²) < 4.78 is 22.8. The molecule has 0 aliphatic heterocycles. The molecule has 2 aromatic heterocycles. The van der Waals surface area contributed by atoms with Gasteiger partial charge in [0.15, 0.2) is 9.84 Å². The van der Waals surface area contributed by atoms with Crippen LogP contribution < -0.4 is 5.32 Å². The van der Waals surface area contributed by atoms with E-state index in [0.717, 1.165) is 11.3 Å². The van der Waals surface area contributed by atoms with E-state index < -0.39 is 21.0 Å². The molecule has 1 atom stereocenters. The minimum absolute atomic E-state index is 0.494. The van der Waals surface area contributed by atoms with Gasteiger partial charge in [0.2, 0.25) is 5.91 Å². The van der Waals surface area contributed by atoms with E-state index in [0.29, 0.717) is 10.7 Å². The number of nitrogens with one attached hydrogen (secondary N) is 1. The molecule has 0 aromatic carbocycles. The molecule has 0 spiro atoms. The van der Waals surface area contributed by atoms with Crippen LogP contribution in [0.3, 0.4) is 0 Å². The topological polar surface area (TPSA) is 89.0 Å². The summed E-state index contributed by atoms with van der Waals surface area (Å²) in [4.78, 5) is 20.3. The summed E-state index contributed by atoms with van der Waals surface area (Å²) in [6.45, 7) is 1.36. The fourth-order valence-electron chi connectivity index (χ4n) is 1.50. The van der Waals surface area contributed by atoms with Crippen LogP contribution in [-0.4, -0.2) is 35.8 Å². The van der Waals surface area contributed by atoms with Crippen molar-refractivity contribution in [3.63, 3.8) is 0 Å². The highest BCUT2D eigenvalue weighted by molar-refractivity contribution is 7.99. The summed E-state index contributed by atoms with van der Waals surface area (Å²) in [5.41, 5.74) is 0.494. The second kappa shape index (κ2) is 6.89. The molecule has 22 heavy (non-hydrogen) atoms. The lowest BCUT2D eigenvalue weighted by atomic mass is 10.3. The van der Waals surface area contributed by atoms with Gasteiger partial charge in [-0.05, 0) is 31.2 Å². The molecule has 1 N–H and O–H groups in total. The molecular weight excluding hydrogens is 322 g/mol. The molecule has 116 valence electrons. The highest BCUT2D eigenvalue weighted by atomic mass is 32.2. The molecule has 2 aromatic rings. The number of hydrogen-bond acceptors (Lipinski definition) is 6. The maximum Gasteiger partial charge on any atom is 0.242 e. The van der Waals surface area contributed by atoms with Gasteiger partial charge < -0.3 is 5.32 Å². The Balaban J connectivity index is 2.10. The number of rotatable bonds is 5. The second-order valence-electron chi connectivity index (χ2n) is 4.61. The monoisotopic (exact) mass is 337 g/mol. The standard InChI is InChI=1S/C14H15N3O3S2/c1-10(22(2,19)20)14(18)17-11-6-8-16-13(9-11)21-12-5-3-4-7-15-12/h3-10H,1-2H3,(H,16,17,18)/t10-/m0/s1. The largest absolute Gasteiger partial charge is 0.325 e. The Bertz CT molecular complexity index is 764. The van der Waals surface area contributed by atoms with Crippen LogP contribution >= 0.6 is 11.8 Å². The van der Waals surface area contributed by atoms with Gasteiger partial charge in [0.05, 0.1) is 0 Å². The zero-order valence-electron chi connectivity index (χ0n) is 12.1. The normalized spacial score (nSPS) is 12.6. The molecule has 0 saturated heterocycles. The van der Waals surface area contributed by atoms with E-state index >= 15 is 0 Å². The first-order valence-corrected chi connectivity index (χ1v) is 9.18. The zero-order chi connectivity index (χ0) is 16.2. The van der Waals surface area contributed by atoms with Crippen LogP contribution in [0.4, 0.5) is 5.69 Å². The molecule has 1 amide bonds. The van der Waals surface area contributed by atoms with Crippen molar-refractivity contribution in [1.82, 2.24) is 9.97 Å². The highest BCUT2D eigenvalue weighted by Gasteiger charge is 2.23. The fourth-order valence-corrected chi connectivity index (χ4v) is 2.72. The fraction of sp³-hybridized carbons (Fsp3) is 0.214. The Kier molecular flexibility index (Phi) is 5.15.